The monoisotopic (exact) mass is 786 g/mol. The van der Waals surface area contributed by atoms with Crippen molar-refractivity contribution in [3.63, 3.8) is 0 Å². The van der Waals surface area contributed by atoms with Gasteiger partial charge < -0.3 is 31.2 Å². The molecule has 0 amide bonds. The molecular formula is C44H47ClN8O4. The standard InChI is InChI=1S/C24H26N4O2.C20H20N4O2.ClH/c1-30-24(29)22(13-17-5-3-2-4-6-17)28-23-14-21(26-16-27-23)19-9-11-20(12-10-19)25-15-18-7-8-18;1-26-20(25)18(11-14-5-3-2-4-6-14)24-19-12-17(22-13-23-19)15-7-9-16(21)10-8-15;/h2-6,9-12,14,16,18,22,25H,7-8,13,15H2,1H3,(H,26,27,28);2-10,12-13,18H,11,21H2,1H3,(H,22,23,24);1H. The van der Waals surface area contributed by atoms with Crippen molar-refractivity contribution in [2.75, 3.05) is 42.4 Å². The summed E-state index contributed by atoms with van der Waals surface area (Å²) < 4.78 is 9.90. The SMILES string of the molecule is COC(=O)C(Cc1ccccc1)Nc1cc(-c2ccc(N)cc2)ncn1.COC(=O)C(Cc1ccccc1)Nc1cc(-c2ccc(NCC3CC3)cc2)ncn1.Cl. The molecule has 13 heteroatoms. The second-order valence-electron chi connectivity index (χ2n) is 13.4. The van der Waals surface area contributed by atoms with Gasteiger partial charge in [0.1, 0.15) is 36.4 Å². The van der Waals surface area contributed by atoms with Crippen molar-refractivity contribution in [2.24, 2.45) is 5.92 Å². The lowest BCUT2D eigenvalue weighted by molar-refractivity contribution is -0.142. The number of nitrogen functional groups attached to an aromatic ring is 1. The number of anilines is 4. The van der Waals surface area contributed by atoms with Crippen molar-refractivity contribution in [3.05, 3.63) is 145 Å². The number of esters is 2. The van der Waals surface area contributed by atoms with Gasteiger partial charge in [0.25, 0.3) is 0 Å². The molecule has 4 aromatic carbocycles. The van der Waals surface area contributed by atoms with Crippen LogP contribution in [0.15, 0.2) is 134 Å². The minimum absolute atomic E-state index is 0. The van der Waals surface area contributed by atoms with Crippen LogP contribution in [0.3, 0.4) is 0 Å². The van der Waals surface area contributed by atoms with E-state index in [4.69, 9.17) is 15.2 Å². The summed E-state index contributed by atoms with van der Waals surface area (Å²) in [6, 6.07) is 37.8. The van der Waals surface area contributed by atoms with Gasteiger partial charge in [0, 0.05) is 54.0 Å². The normalized spacial score (nSPS) is 12.7. The van der Waals surface area contributed by atoms with E-state index in [-0.39, 0.29) is 24.3 Å². The molecule has 0 saturated heterocycles. The molecule has 2 aromatic heterocycles. The highest BCUT2D eigenvalue weighted by molar-refractivity contribution is 5.85. The van der Waals surface area contributed by atoms with Gasteiger partial charge in [0.15, 0.2) is 0 Å². The number of hydrogen-bond donors (Lipinski definition) is 4. The summed E-state index contributed by atoms with van der Waals surface area (Å²) in [4.78, 5) is 41.7. The third-order valence-electron chi connectivity index (χ3n) is 9.19. The van der Waals surface area contributed by atoms with E-state index in [0.29, 0.717) is 30.2 Å². The zero-order valence-corrected chi connectivity index (χ0v) is 32.7. The number of aromatic nitrogens is 4. The van der Waals surface area contributed by atoms with Crippen LogP contribution >= 0.6 is 12.4 Å². The van der Waals surface area contributed by atoms with Crippen LogP contribution in [0.5, 0.6) is 0 Å². The molecule has 57 heavy (non-hydrogen) atoms. The summed E-state index contributed by atoms with van der Waals surface area (Å²) in [5.74, 6) is 1.30. The minimum Gasteiger partial charge on any atom is -0.467 e. The van der Waals surface area contributed by atoms with E-state index in [9.17, 15) is 9.59 Å². The Morgan fingerprint density at radius 2 is 1.09 bits per heavy atom. The molecule has 0 radical (unpaired) electrons. The van der Waals surface area contributed by atoms with E-state index >= 15 is 0 Å². The Kier molecular flexibility index (Phi) is 15.3. The number of carbonyl (C=O) groups is 2. The van der Waals surface area contributed by atoms with Crippen LogP contribution in [0.2, 0.25) is 0 Å². The lowest BCUT2D eigenvalue weighted by Crippen LogP contribution is -2.33. The number of nitrogens with zero attached hydrogens (tertiary/aromatic N) is 4. The van der Waals surface area contributed by atoms with Crippen LogP contribution in [0.1, 0.15) is 24.0 Å². The number of nitrogens with two attached hydrogens (primary N) is 1. The molecule has 2 atom stereocenters. The second kappa shape index (κ2) is 21.0. The summed E-state index contributed by atoms with van der Waals surface area (Å²) in [7, 11) is 2.77. The fraction of sp³-hybridized carbons (Fsp3) is 0.227. The van der Waals surface area contributed by atoms with Crippen molar-refractivity contribution < 1.29 is 19.1 Å². The largest absolute Gasteiger partial charge is 0.467 e. The molecule has 6 aromatic rings. The van der Waals surface area contributed by atoms with Crippen LogP contribution in [0, 0.1) is 5.92 Å². The highest BCUT2D eigenvalue weighted by Crippen LogP contribution is 2.29. The van der Waals surface area contributed by atoms with Crippen molar-refractivity contribution in [3.8, 4) is 22.5 Å². The highest BCUT2D eigenvalue weighted by atomic mass is 35.5. The second-order valence-corrected chi connectivity index (χ2v) is 13.4. The van der Waals surface area contributed by atoms with Gasteiger partial charge in [-0.05, 0) is 54.2 Å². The topological polar surface area (TPSA) is 166 Å². The van der Waals surface area contributed by atoms with E-state index in [1.165, 1.54) is 39.7 Å². The summed E-state index contributed by atoms with van der Waals surface area (Å²) >= 11 is 0. The van der Waals surface area contributed by atoms with Crippen molar-refractivity contribution in [2.45, 2.75) is 37.8 Å². The molecule has 12 nitrogen and oxygen atoms in total. The Labute approximate surface area is 339 Å². The Hall–Kier alpha value is -6.53. The summed E-state index contributed by atoms with van der Waals surface area (Å²) in [5, 5.41) is 9.82. The van der Waals surface area contributed by atoms with Gasteiger partial charge in [-0.3, -0.25) is 0 Å². The molecule has 7 rings (SSSR count). The number of methoxy groups -OCH3 is 2. The zero-order chi connectivity index (χ0) is 39.1. The van der Waals surface area contributed by atoms with Crippen LogP contribution in [-0.4, -0.2) is 64.7 Å². The predicted molar refractivity (Wildman–Crippen MR) is 227 cm³/mol. The lowest BCUT2D eigenvalue weighted by Gasteiger charge is -2.17. The molecule has 2 heterocycles. The molecule has 1 saturated carbocycles. The minimum atomic E-state index is -0.545. The molecule has 1 aliphatic rings. The summed E-state index contributed by atoms with van der Waals surface area (Å²) in [6.07, 6.45) is 6.64. The fourth-order valence-electron chi connectivity index (χ4n) is 5.91. The molecule has 0 spiro atoms. The van der Waals surface area contributed by atoms with Crippen LogP contribution in [0.25, 0.3) is 22.5 Å². The van der Waals surface area contributed by atoms with Crippen LogP contribution in [0.4, 0.5) is 23.0 Å². The smallest absolute Gasteiger partial charge is 0.328 e. The van der Waals surface area contributed by atoms with E-state index in [1.54, 1.807) is 6.07 Å². The third-order valence-corrected chi connectivity index (χ3v) is 9.19. The molecule has 1 fully saturated rings. The number of benzene rings is 4. The number of nitrogens with one attached hydrogen (secondary N) is 3. The molecule has 2 unspecified atom stereocenters. The predicted octanol–water partition coefficient (Wildman–Crippen LogP) is 7.51. The fourth-order valence-corrected chi connectivity index (χ4v) is 5.91. The third kappa shape index (κ3) is 12.8. The summed E-state index contributed by atoms with van der Waals surface area (Å²) in [5.41, 5.74) is 13.1. The Bertz CT molecular complexity index is 2160. The number of halogens is 1. The molecule has 294 valence electrons. The van der Waals surface area contributed by atoms with E-state index in [2.05, 4.69) is 48.0 Å². The van der Waals surface area contributed by atoms with E-state index < -0.39 is 12.1 Å². The number of rotatable bonds is 15. The van der Waals surface area contributed by atoms with Crippen molar-refractivity contribution >= 4 is 47.4 Å². The van der Waals surface area contributed by atoms with Gasteiger partial charge in [-0.25, -0.2) is 29.5 Å². The van der Waals surface area contributed by atoms with Crippen molar-refractivity contribution in [1.29, 1.82) is 0 Å². The average Bonchev–Trinajstić information content (AvgIpc) is 4.08. The molecular weight excluding hydrogens is 740 g/mol. The first kappa shape index (κ1) is 41.6. The number of ether oxygens (including phenoxy) is 2. The molecule has 0 aliphatic heterocycles. The van der Waals surface area contributed by atoms with E-state index in [0.717, 1.165) is 51.8 Å². The molecule has 1 aliphatic carbocycles. The van der Waals surface area contributed by atoms with Gasteiger partial charge in [-0.1, -0.05) is 84.9 Å². The first-order chi connectivity index (χ1) is 27.4. The Morgan fingerprint density at radius 3 is 1.51 bits per heavy atom. The Balaban J connectivity index is 0.000000216. The highest BCUT2D eigenvalue weighted by Gasteiger charge is 2.22. The lowest BCUT2D eigenvalue weighted by atomic mass is 10.1. The van der Waals surface area contributed by atoms with Gasteiger partial charge in [0.2, 0.25) is 0 Å². The first-order valence-electron chi connectivity index (χ1n) is 18.5. The van der Waals surface area contributed by atoms with Gasteiger partial charge in [0.05, 0.1) is 25.6 Å². The maximum absolute atomic E-state index is 12.3. The summed E-state index contributed by atoms with van der Waals surface area (Å²) in [6.45, 7) is 1.04. The van der Waals surface area contributed by atoms with E-state index in [1.807, 2.05) is 103 Å². The quantitative estimate of drug-likeness (QED) is 0.0599. The average molecular weight is 787 g/mol. The molecule has 5 N–H and O–H groups in total. The first-order valence-corrected chi connectivity index (χ1v) is 18.5. The van der Waals surface area contributed by atoms with Gasteiger partial charge in [-0.2, -0.15) is 0 Å². The molecule has 0 bridgehead atoms. The Morgan fingerprint density at radius 1 is 0.649 bits per heavy atom. The maximum Gasteiger partial charge on any atom is 0.328 e. The van der Waals surface area contributed by atoms with Crippen LogP contribution in [-0.2, 0) is 31.9 Å². The van der Waals surface area contributed by atoms with Crippen molar-refractivity contribution in [1.82, 2.24) is 19.9 Å². The zero-order valence-electron chi connectivity index (χ0n) is 31.9. The van der Waals surface area contributed by atoms with Gasteiger partial charge in [-0.15, -0.1) is 12.4 Å². The maximum atomic E-state index is 12.3. The number of carbonyl (C=O) groups excluding carboxylic acids is 2. The van der Waals surface area contributed by atoms with Gasteiger partial charge >= 0.3 is 11.9 Å². The van der Waals surface area contributed by atoms with Crippen LogP contribution < -0.4 is 21.7 Å². The number of hydrogen-bond acceptors (Lipinski definition) is 12.